The van der Waals surface area contributed by atoms with Gasteiger partial charge in [0.15, 0.2) is 0 Å². The van der Waals surface area contributed by atoms with Gasteiger partial charge in [0.05, 0.1) is 18.8 Å². The van der Waals surface area contributed by atoms with Crippen molar-refractivity contribution >= 4 is 0 Å². The molecule has 0 aromatic carbocycles. The molecule has 1 aliphatic rings. The summed E-state index contributed by atoms with van der Waals surface area (Å²) in [5, 5.41) is 10.0. The third-order valence-corrected chi connectivity index (χ3v) is 2.60. The smallest absolute Gasteiger partial charge is 0.138 e. The highest BCUT2D eigenvalue weighted by molar-refractivity contribution is 4.86. The molecule has 0 saturated carbocycles. The molecule has 14 heavy (non-hydrogen) atoms. The first-order chi connectivity index (χ1) is 6.75. The molecule has 2 N–H and O–H groups in total. The van der Waals surface area contributed by atoms with Gasteiger partial charge in [-0.05, 0) is 20.3 Å². The fraction of sp³-hybridized carbons (Fsp3) is 0.778. The fourth-order valence-corrected chi connectivity index (χ4v) is 1.86. The van der Waals surface area contributed by atoms with Crippen LogP contribution >= 0.6 is 0 Å². The average molecular weight is 196 g/mol. The Morgan fingerprint density at radius 1 is 1.64 bits per heavy atom. The van der Waals surface area contributed by atoms with E-state index in [0.29, 0.717) is 12.1 Å². The molecular formula is C9H16N4O. The summed E-state index contributed by atoms with van der Waals surface area (Å²) in [7, 11) is 0. The molecule has 3 unspecified atom stereocenters. The molecule has 1 fully saturated rings. The number of aromatic nitrogens is 3. The van der Waals surface area contributed by atoms with E-state index in [-0.39, 0.29) is 6.10 Å². The topological polar surface area (TPSA) is 62.8 Å². The molecule has 2 heterocycles. The Balaban J connectivity index is 1.81. The minimum absolute atomic E-state index is 0.285. The summed E-state index contributed by atoms with van der Waals surface area (Å²) in [6.07, 6.45) is 3.23. The number of hydrogen-bond acceptors (Lipinski definition) is 4. The van der Waals surface area contributed by atoms with Crippen molar-refractivity contribution in [3.05, 3.63) is 12.2 Å². The summed E-state index contributed by atoms with van der Waals surface area (Å²) < 4.78 is 5.63. The second-order valence-electron chi connectivity index (χ2n) is 3.81. The maximum atomic E-state index is 5.63. The maximum absolute atomic E-state index is 5.63. The molecule has 78 valence electrons. The third kappa shape index (κ3) is 2.10. The molecule has 0 radical (unpaired) electrons. The Kier molecular flexibility index (Phi) is 2.79. The van der Waals surface area contributed by atoms with Gasteiger partial charge < -0.3 is 10.1 Å². The summed E-state index contributed by atoms with van der Waals surface area (Å²) in [5.41, 5.74) is 0. The minimum atomic E-state index is 0.285. The fourth-order valence-electron chi connectivity index (χ4n) is 1.86. The quantitative estimate of drug-likeness (QED) is 0.737. The Hall–Kier alpha value is -0.940. The van der Waals surface area contributed by atoms with Gasteiger partial charge in [-0.25, -0.2) is 4.98 Å². The molecule has 2 rings (SSSR count). The van der Waals surface area contributed by atoms with Crippen molar-refractivity contribution in [3.63, 3.8) is 0 Å². The zero-order valence-electron chi connectivity index (χ0n) is 8.53. The van der Waals surface area contributed by atoms with Crippen molar-refractivity contribution in [1.82, 2.24) is 20.5 Å². The van der Waals surface area contributed by atoms with Crippen LogP contribution in [0.2, 0.25) is 0 Å². The number of hydrogen-bond donors (Lipinski definition) is 2. The van der Waals surface area contributed by atoms with Crippen LogP contribution in [0.4, 0.5) is 0 Å². The molecule has 0 spiro atoms. The lowest BCUT2D eigenvalue weighted by Crippen LogP contribution is -2.34. The number of nitrogens with one attached hydrogen (secondary N) is 2. The molecule has 1 saturated heterocycles. The van der Waals surface area contributed by atoms with Crippen molar-refractivity contribution < 1.29 is 4.74 Å². The molecule has 1 aliphatic heterocycles. The standard InChI is InChI=1S/C9H16N4O/c1-6-3-8(7(2)14-6)10-4-9-11-5-12-13-9/h5-8,10H,3-4H2,1-2H3,(H,11,12,13). The van der Waals surface area contributed by atoms with E-state index in [4.69, 9.17) is 4.74 Å². The van der Waals surface area contributed by atoms with E-state index in [2.05, 4.69) is 34.3 Å². The molecule has 5 heteroatoms. The van der Waals surface area contributed by atoms with Crippen LogP contribution in [0, 0.1) is 0 Å². The lowest BCUT2D eigenvalue weighted by atomic mass is 10.1. The average Bonchev–Trinajstić information content (AvgIpc) is 2.72. The van der Waals surface area contributed by atoms with Gasteiger partial charge in [0, 0.05) is 6.04 Å². The predicted molar refractivity (Wildman–Crippen MR) is 51.6 cm³/mol. The second-order valence-corrected chi connectivity index (χ2v) is 3.81. The van der Waals surface area contributed by atoms with E-state index in [0.717, 1.165) is 18.8 Å². The maximum Gasteiger partial charge on any atom is 0.138 e. The Labute approximate surface area is 83.3 Å². The highest BCUT2D eigenvalue weighted by Crippen LogP contribution is 2.19. The number of rotatable bonds is 3. The molecule has 0 aliphatic carbocycles. The minimum Gasteiger partial charge on any atom is -0.374 e. The zero-order valence-corrected chi connectivity index (χ0v) is 8.53. The number of ether oxygens (including phenoxy) is 1. The summed E-state index contributed by atoms with van der Waals surface area (Å²) in [4.78, 5) is 4.05. The lowest BCUT2D eigenvalue weighted by Gasteiger charge is -2.14. The molecule has 3 atom stereocenters. The SMILES string of the molecule is CC1CC(NCc2ncn[nH]2)C(C)O1. The molecular weight excluding hydrogens is 180 g/mol. The summed E-state index contributed by atoms with van der Waals surface area (Å²) in [6.45, 7) is 4.93. The van der Waals surface area contributed by atoms with Gasteiger partial charge in [-0.3, -0.25) is 5.10 Å². The van der Waals surface area contributed by atoms with Crippen LogP contribution in [0.15, 0.2) is 6.33 Å². The van der Waals surface area contributed by atoms with E-state index in [1.807, 2.05) is 0 Å². The highest BCUT2D eigenvalue weighted by Gasteiger charge is 2.28. The van der Waals surface area contributed by atoms with Crippen LogP contribution in [-0.4, -0.2) is 33.4 Å². The molecule has 1 aromatic heterocycles. The van der Waals surface area contributed by atoms with Gasteiger partial charge in [-0.15, -0.1) is 0 Å². The second kappa shape index (κ2) is 4.06. The van der Waals surface area contributed by atoms with Crippen LogP contribution in [0.5, 0.6) is 0 Å². The van der Waals surface area contributed by atoms with E-state index >= 15 is 0 Å². The Morgan fingerprint density at radius 2 is 2.50 bits per heavy atom. The monoisotopic (exact) mass is 196 g/mol. The normalized spacial score (nSPS) is 32.3. The molecule has 0 bridgehead atoms. The van der Waals surface area contributed by atoms with Crippen LogP contribution in [0.25, 0.3) is 0 Å². The summed E-state index contributed by atoms with van der Waals surface area (Å²) >= 11 is 0. The van der Waals surface area contributed by atoms with Crippen molar-refractivity contribution in [2.24, 2.45) is 0 Å². The summed E-state index contributed by atoms with van der Waals surface area (Å²) in [6, 6.07) is 0.426. The molecule has 5 nitrogen and oxygen atoms in total. The van der Waals surface area contributed by atoms with Gasteiger partial charge in [-0.2, -0.15) is 5.10 Å². The van der Waals surface area contributed by atoms with Gasteiger partial charge in [0.25, 0.3) is 0 Å². The zero-order chi connectivity index (χ0) is 9.97. The summed E-state index contributed by atoms with van der Waals surface area (Å²) in [5.74, 6) is 0.872. The Morgan fingerprint density at radius 3 is 3.07 bits per heavy atom. The van der Waals surface area contributed by atoms with Crippen LogP contribution in [-0.2, 0) is 11.3 Å². The first-order valence-electron chi connectivity index (χ1n) is 4.99. The van der Waals surface area contributed by atoms with E-state index < -0.39 is 0 Å². The van der Waals surface area contributed by atoms with Crippen molar-refractivity contribution in [2.45, 2.75) is 45.1 Å². The highest BCUT2D eigenvalue weighted by atomic mass is 16.5. The molecule has 1 aromatic rings. The largest absolute Gasteiger partial charge is 0.374 e. The first kappa shape index (κ1) is 9.61. The van der Waals surface area contributed by atoms with Gasteiger partial charge >= 0.3 is 0 Å². The van der Waals surface area contributed by atoms with Crippen LogP contribution < -0.4 is 5.32 Å². The Bertz CT molecular complexity index is 274. The van der Waals surface area contributed by atoms with E-state index in [1.165, 1.54) is 6.33 Å². The van der Waals surface area contributed by atoms with Crippen molar-refractivity contribution in [2.75, 3.05) is 0 Å². The van der Waals surface area contributed by atoms with E-state index in [1.54, 1.807) is 0 Å². The predicted octanol–water partition coefficient (Wildman–Crippen LogP) is 0.460. The van der Waals surface area contributed by atoms with Crippen molar-refractivity contribution in [1.29, 1.82) is 0 Å². The van der Waals surface area contributed by atoms with Crippen LogP contribution in [0.3, 0.4) is 0 Å². The molecule has 0 amide bonds. The van der Waals surface area contributed by atoms with E-state index in [9.17, 15) is 0 Å². The first-order valence-corrected chi connectivity index (χ1v) is 4.99. The van der Waals surface area contributed by atoms with Crippen molar-refractivity contribution in [3.8, 4) is 0 Å². The lowest BCUT2D eigenvalue weighted by molar-refractivity contribution is 0.0604. The number of aromatic amines is 1. The van der Waals surface area contributed by atoms with Gasteiger partial charge in [0.2, 0.25) is 0 Å². The number of H-pyrrole nitrogens is 1. The number of nitrogens with zero attached hydrogens (tertiary/aromatic N) is 2. The van der Waals surface area contributed by atoms with Gasteiger partial charge in [-0.1, -0.05) is 0 Å². The third-order valence-electron chi connectivity index (χ3n) is 2.60. The van der Waals surface area contributed by atoms with Gasteiger partial charge in [0.1, 0.15) is 12.2 Å². The van der Waals surface area contributed by atoms with Crippen LogP contribution in [0.1, 0.15) is 26.1 Å².